The number of fused-ring (bicyclic) bond motifs is 1. The molecule has 2 aliphatic rings. The maximum Gasteiger partial charge on any atom is 0.318 e. The van der Waals surface area contributed by atoms with Crippen molar-refractivity contribution in [2.45, 2.75) is 19.5 Å². The third kappa shape index (κ3) is 3.77. The molecule has 1 saturated heterocycles. The van der Waals surface area contributed by atoms with Gasteiger partial charge in [0, 0.05) is 31.4 Å². The number of benzene rings is 1. The Kier molecular flexibility index (Phi) is 4.97. The van der Waals surface area contributed by atoms with Gasteiger partial charge in [0.25, 0.3) is 0 Å². The van der Waals surface area contributed by atoms with Crippen LogP contribution in [0.15, 0.2) is 36.5 Å². The predicted molar refractivity (Wildman–Crippen MR) is 97.9 cm³/mol. The number of amides is 2. The Morgan fingerprint density at radius 1 is 1.15 bits per heavy atom. The van der Waals surface area contributed by atoms with Gasteiger partial charge >= 0.3 is 6.03 Å². The minimum Gasteiger partial charge on any atom is -0.378 e. The molecule has 1 fully saturated rings. The van der Waals surface area contributed by atoms with E-state index in [0.29, 0.717) is 32.8 Å². The number of hydrogen-bond donors (Lipinski definition) is 1. The average Bonchev–Trinajstić information content (AvgIpc) is 3.13. The van der Waals surface area contributed by atoms with Gasteiger partial charge in [0.15, 0.2) is 0 Å². The topological polar surface area (TPSA) is 70.6 Å². The maximum atomic E-state index is 12.4. The molecule has 0 spiro atoms. The lowest BCUT2D eigenvalue weighted by Crippen LogP contribution is -2.37. The quantitative estimate of drug-likeness (QED) is 0.904. The molecule has 0 radical (unpaired) electrons. The highest BCUT2D eigenvalue weighted by molar-refractivity contribution is 5.74. The van der Waals surface area contributed by atoms with Gasteiger partial charge in [-0.1, -0.05) is 30.3 Å². The van der Waals surface area contributed by atoms with Gasteiger partial charge in [-0.05, 0) is 12.0 Å². The van der Waals surface area contributed by atoms with Gasteiger partial charge in [-0.2, -0.15) is 0 Å². The number of anilines is 1. The predicted octanol–water partition coefficient (Wildman–Crippen LogP) is 1.58. The second-order valence-electron chi connectivity index (χ2n) is 6.56. The van der Waals surface area contributed by atoms with Crippen LogP contribution in [0.1, 0.15) is 16.8 Å². The molecule has 0 bridgehead atoms. The summed E-state index contributed by atoms with van der Waals surface area (Å²) in [6.45, 7) is 4.75. The highest BCUT2D eigenvalue weighted by Crippen LogP contribution is 2.22. The number of rotatable bonds is 4. The zero-order chi connectivity index (χ0) is 17.8. The first-order chi connectivity index (χ1) is 12.8. The van der Waals surface area contributed by atoms with Gasteiger partial charge in [0.1, 0.15) is 0 Å². The molecule has 1 aromatic heterocycles. The molecule has 4 rings (SSSR count). The number of ether oxygens (including phenoxy) is 1. The first kappa shape index (κ1) is 16.8. The maximum absolute atomic E-state index is 12.4. The van der Waals surface area contributed by atoms with Crippen LogP contribution in [0, 0.1) is 0 Å². The van der Waals surface area contributed by atoms with Gasteiger partial charge < -0.3 is 19.9 Å². The van der Waals surface area contributed by atoms with Crippen LogP contribution < -0.4 is 10.2 Å². The van der Waals surface area contributed by atoms with Gasteiger partial charge in [0.05, 0.1) is 32.0 Å². The van der Waals surface area contributed by atoms with Crippen LogP contribution in [-0.4, -0.2) is 53.7 Å². The Balaban J connectivity index is 1.32. The van der Waals surface area contributed by atoms with Crippen molar-refractivity contribution in [3.05, 3.63) is 53.3 Å². The van der Waals surface area contributed by atoms with E-state index in [2.05, 4.69) is 32.3 Å². The Hall–Kier alpha value is -2.67. The summed E-state index contributed by atoms with van der Waals surface area (Å²) >= 11 is 0. The third-order valence-electron chi connectivity index (χ3n) is 4.76. The number of carbonyl (C=O) groups is 1. The van der Waals surface area contributed by atoms with E-state index in [4.69, 9.17) is 4.74 Å². The Morgan fingerprint density at radius 3 is 2.77 bits per heavy atom. The second-order valence-corrected chi connectivity index (χ2v) is 6.56. The number of aromatic nitrogens is 2. The fourth-order valence-electron chi connectivity index (χ4n) is 3.27. The van der Waals surface area contributed by atoms with E-state index in [1.807, 2.05) is 24.4 Å². The van der Waals surface area contributed by atoms with E-state index in [-0.39, 0.29) is 6.03 Å². The van der Waals surface area contributed by atoms with Crippen molar-refractivity contribution < 1.29 is 9.53 Å². The number of carbonyl (C=O) groups excluding carboxylic acids is 1. The van der Waals surface area contributed by atoms with Crippen molar-refractivity contribution in [1.29, 1.82) is 0 Å². The summed E-state index contributed by atoms with van der Waals surface area (Å²) in [5, 5.41) is 3.00. The van der Waals surface area contributed by atoms with Crippen LogP contribution in [0.25, 0.3) is 0 Å². The molecule has 1 aromatic carbocycles. The van der Waals surface area contributed by atoms with Crippen molar-refractivity contribution in [3.63, 3.8) is 0 Å². The largest absolute Gasteiger partial charge is 0.378 e. The van der Waals surface area contributed by atoms with E-state index in [1.54, 1.807) is 4.90 Å². The molecular formula is C19H23N5O2. The lowest BCUT2D eigenvalue weighted by molar-refractivity contribution is 0.122. The lowest BCUT2D eigenvalue weighted by atomic mass is 10.1. The summed E-state index contributed by atoms with van der Waals surface area (Å²) in [5.41, 5.74) is 3.19. The van der Waals surface area contributed by atoms with E-state index in [0.717, 1.165) is 36.7 Å². The molecule has 7 heteroatoms. The van der Waals surface area contributed by atoms with E-state index in [9.17, 15) is 4.79 Å². The van der Waals surface area contributed by atoms with Crippen molar-refractivity contribution in [2.75, 3.05) is 37.7 Å². The Morgan fingerprint density at radius 2 is 1.96 bits per heavy atom. The van der Waals surface area contributed by atoms with Crippen molar-refractivity contribution in [1.82, 2.24) is 20.2 Å². The van der Waals surface area contributed by atoms with Crippen LogP contribution in [0.5, 0.6) is 0 Å². The van der Waals surface area contributed by atoms with E-state index in [1.165, 1.54) is 5.56 Å². The molecule has 26 heavy (non-hydrogen) atoms. The van der Waals surface area contributed by atoms with E-state index >= 15 is 0 Å². The molecule has 0 unspecified atom stereocenters. The summed E-state index contributed by atoms with van der Waals surface area (Å²) in [6.07, 6.45) is 2.68. The minimum atomic E-state index is -0.0492. The molecular weight excluding hydrogens is 330 g/mol. The SMILES string of the molecule is O=C(NCCc1ccccc1)N1Cc2cnc(N3CCOCC3)nc2C1. The van der Waals surface area contributed by atoms with Gasteiger partial charge in [-0.15, -0.1) is 0 Å². The summed E-state index contributed by atoms with van der Waals surface area (Å²) in [5.74, 6) is 0.735. The number of nitrogens with zero attached hydrogens (tertiary/aromatic N) is 4. The average molecular weight is 353 g/mol. The zero-order valence-corrected chi connectivity index (χ0v) is 14.7. The van der Waals surface area contributed by atoms with Crippen molar-refractivity contribution >= 4 is 12.0 Å². The Bertz CT molecular complexity index is 762. The normalized spacial score (nSPS) is 16.5. The van der Waals surface area contributed by atoms with Crippen molar-refractivity contribution in [3.8, 4) is 0 Å². The van der Waals surface area contributed by atoms with Crippen LogP contribution in [0.2, 0.25) is 0 Å². The number of nitrogens with one attached hydrogen (secondary N) is 1. The molecule has 0 saturated carbocycles. The Labute approximate surface area is 153 Å². The smallest absolute Gasteiger partial charge is 0.318 e. The standard InChI is InChI=1S/C19H23N5O2/c25-19(20-7-6-15-4-2-1-3-5-15)24-13-16-12-21-18(22-17(16)14-24)23-8-10-26-11-9-23/h1-5,12H,6-11,13-14H2,(H,20,25). The molecule has 0 aliphatic carbocycles. The fourth-order valence-corrected chi connectivity index (χ4v) is 3.27. The summed E-state index contributed by atoms with van der Waals surface area (Å²) in [7, 11) is 0. The lowest BCUT2D eigenvalue weighted by Gasteiger charge is -2.26. The van der Waals surface area contributed by atoms with Crippen LogP contribution in [0.4, 0.5) is 10.7 Å². The molecule has 1 N–H and O–H groups in total. The van der Waals surface area contributed by atoms with Gasteiger partial charge in [-0.3, -0.25) is 0 Å². The molecule has 2 aliphatic heterocycles. The zero-order valence-electron chi connectivity index (χ0n) is 14.7. The molecule has 2 amide bonds. The fraction of sp³-hybridized carbons (Fsp3) is 0.421. The second kappa shape index (κ2) is 7.70. The minimum absolute atomic E-state index is 0.0492. The molecule has 2 aromatic rings. The number of hydrogen-bond acceptors (Lipinski definition) is 5. The number of urea groups is 1. The first-order valence-electron chi connectivity index (χ1n) is 9.04. The highest BCUT2D eigenvalue weighted by Gasteiger charge is 2.26. The molecule has 0 atom stereocenters. The van der Waals surface area contributed by atoms with Gasteiger partial charge in [0.2, 0.25) is 5.95 Å². The monoisotopic (exact) mass is 353 g/mol. The molecule has 3 heterocycles. The molecule has 7 nitrogen and oxygen atoms in total. The summed E-state index contributed by atoms with van der Waals surface area (Å²) < 4.78 is 5.37. The van der Waals surface area contributed by atoms with E-state index < -0.39 is 0 Å². The van der Waals surface area contributed by atoms with Gasteiger partial charge in [-0.25, -0.2) is 14.8 Å². The summed E-state index contributed by atoms with van der Waals surface area (Å²) in [4.78, 5) is 25.5. The van der Waals surface area contributed by atoms with Crippen LogP contribution in [-0.2, 0) is 24.2 Å². The number of morpholine rings is 1. The first-order valence-corrected chi connectivity index (χ1v) is 9.04. The highest BCUT2D eigenvalue weighted by atomic mass is 16.5. The van der Waals surface area contributed by atoms with Crippen LogP contribution >= 0.6 is 0 Å². The summed E-state index contributed by atoms with van der Waals surface area (Å²) in [6, 6.07) is 10.1. The third-order valence-corrected chi connectivity index (χ3v) is 4.76. The molecule has 136 valence electrons. The van der Waals surface area contributed by atoms with Crippen LogP contribution in [0.3, 0.4) is 0 Å². The van der Waals surface area contributed by atoms with Crippen molar-refractivity contribution in [2.24, 2.45) is 0 Å².